The molecule has 1 fully saturated rings. The predicted octanol–water partition coefficient (Wildman–Crippen LogP) is 2.69. The van der Waals surface area contributed by atoms with Crippen molar-refractivity contribution in [1.29, 1.82) is 0 Å². The van der Waals surface area contributed by atoms with Gasteiger partial charge in [-0.3, -0.25) is 14.8 Å². The highest BCUT2D eigenvalue weighted by atomic mass is 19.4. The van der Waals surface area contributed by atoms with Crippen LogP contribution in [0.3, 0.4) is 0 Å². The number of rotatable bonds is 3. The molecule has 134 valence electrons. The van der Waals surface area contributed by atoms with Crippen LogP contribution >= 0.6 is 0 Å². The van der Waals surface area contributed by atoms with E-state index in [4.69, 9.17) is 0 Å². The molecule has 1 amide bonds. The number of aryl methyl sites for hydroxylation is 1. The third-order valence-corrected chi connectivity index (χ3v) is 4.25. The van der Waals surface area contributed by atoms with Crippen molar-refractivity contribution in [2.75, 3.05) is 26.2 Å². The molecule has 5 nitrogen and oxygen atoms in total. The van der Waals surface area contributed by atoms with Crippen molar-refractivity contribution in [2.24, 2.45) is 0 Å². The number of nitrogens with one attached hydrogen (secondary N) is 1. The average molecular weight is 352 g/mol. The second kappa shape index (κ2) is 6.87. The first-order chi connectivity index (χ1) is 11.8. The van der Waals surface area contributed by atoms with Crippen LogP contribution in [0.4, 0.5) is 13.2 Å². The summed E-state index contributed by atoms with van der Waals surface area (Å²) >= 11 is 0. The van der Waals surface area contributed by atoms with Crippen molar-refractivity contribution in [2.45, 2.75) is 19.6 Å². The Morgan fingerprint density at radius 3 is 2.52 bits per heavy atom. The summed E-state index contributed by atoms with van der Waals surface area (Å²) in [6.45, 7) is 4.56. The third kappa shape index (κ3) is 4.19. The Hall–Kier alpha value is -2.35. The van der Waals surface area contributed by atoms with Crippen LogP contribution in [0.5, 0.6) is 0 Å². The predicted molar refractivity (Wildman–Crippen MR) is 85.9 cm³/mol. The number of carbonyl (C=O) groups excluding carboxylic acids is 1. The maximum absolute atomic E-state index is 12.8. The van der Waals surface area contributed by atoms with E-state index in [1.54, 1.807) is 17.0 Å². The number of alkyl halides is 3. The summed E-state index contributed by atoms with van der Waals surface area (Å²) in [5, 5.41) is 6.72. The van der Waals surface area contributed by atoms with E-state index in [0.717, 1.165) is 11.8 Å². The number of benzene rings is 1. The van der Waals surface area contributed by atoms with Gasteiger partial charge in [0.2, 0.25) is 0 Å². The van der Waals surface area contributed by atoms with Gasteiger partial charge < -0.3 is 4.90 Å². The van der Waals surface area contributed by atoms with E-state index in [-0.39, 0.29) is 5.91 Å². The summed E-state index contributed by atoms with van der Waals surface area (Å²) in [5.41, 5.74) is 1.21. The fourth-order valence-corrected chi connectivity index (χ4v) is 2.90. The lowest BCUT2D eigenvalue weighted by molar-refractivity contribution is -0.137. The summed E-state index contributed by atoms with van der Waals surface area (Å²) in [6.07, 6.45) is -4.33. The summed E-state index contributed by atoms with van der Waals surface area (Å²) in [5.74, 6) is -0.122. The summed E-state index contributed by atoms with van der Waals surface area (Å²) in [7, 11) is 0. The molecule has 1 aromatic carbocycles. The van der Waals surface area contributed by atoms with E-state index < -0.39 is 11.7 Å². The molecule has 25 heavy (non-hydrogen) atoms. The fourth-order valence-electron chi connectivity index (χ4n) is 2.90. The highest BCUT2D eigenvalue weighted by Gasteiger charge is 2.30. The number of H-pyrrole nitrogens is 1. The molecule has 1 N–H and O–H groups in total. The summed E-state index contributed by atoms with van der Waals surface area (Å²) in [4.78, 5) is 16.1. The van der Waals surface area contributed by atoms with Crippen LogP contribution in [-0.2, 0) is 12.7 Å². The highest BCUT2D eigenvalue weighted by molar-refractivity contribution is 5.92. The van der Waals surface area contributed by atoms with E-state index in [9.17, 15) is 18.0 Å². The standard InChI is InChI=1S/C17H19F3N4O/c1-12-9-15(22-21-12)16(25)24-7-5-23(6-8-24)11-13-3-2-4-14(10-13)17(18,19)20/h2-4,9-10H,5-8,11H2,1H3,(H,21,22). The largest absolute Gasteiger partial charge is 0.416 e. The van der Waals surface area contributed by atoms with Crippen molar-refractivity contribution in [3.63, 3.8) is 0 Å². The first-order valence-electron chi connectivity index (χ1n) is 8.03. The monoisotopic (exact) mass is 352 g/mol. The molecule has 0 unspecified atom stereocenters. The number of hydrogen-bond donors (Lipinski definition) is 1. The number of piperazine rings is 1. The number of nitrogens with zero attached hydrogens (tertiary/aromatic N) is 3. The fraction of sp³-hybridized carbons (Fsp3) is 0.412. The van der Waals surface area contributed by atoms with E-state index in [0.29, 0.717) is 44.0 Å². The maximum Gasteiger partial charge on any atom is 0.416 e. The summed E-state index contributed by atoms with van der Waals surface area (Å²) in [6, 6.07) is 7.09. The number of amides is 1. The number of hydrogen-bond acceptors (Lipinski definition) is 3. The Kier molecular flexibility index (Phi) is 4.80. The van der Waals surface area contributed by atoms with Crippen molar-refractivity contribution in [1.82, 2.24) is 20.0 Å². The SMILES string of the molecule is Cc1cc(C(=O)N2CCN(Cc3cccc(C(F)(F)F)c3)CC2)n[nH]1. The van der Waals surface area contributed by atoms with Crippen LogP contribution in [0.15, 0.2) is 30.3 Å². The van der Waals surface area contributed by atoms with Gasteiger partial charge in [0.05, 0.1) is 5.56 Å². The third-order valence-electron chi connectivity index (χ3n) is 4.25. The normalized spacial score (nSPS) is 16.2. The molecular weight excluding hydrogens is 333 g/mol. The smallest absolute Gasteiger partial charge is 0.335 e. The van der Waals surface area contributed by atoms with Gasteiger partial charge >= 0.3 is 6.18 Å². The highest BCUT2D eigenvalue weighted by Crippen LogP contribution is 2.29. The Labute approximate surface area is 143 Å². The molecule has 1 saturated heterocycles. The van der Waals surface area contributed by atoms with Gasteiger partial charge in [0.1, 0.15) is 5.69 Å². The minimum Gasteiger partial charge on any atom is -0.335 e. The van der Waals surface area contributed by atoms with Gasteiger partial charge in [0.25, 0.3) is 5.91 Å². The topological polar surface area (TPSA) is 52.2 Å². The number of aromatic amines is 1. The van der Waals surface area contributed by atoms with Gasteiger partial charge in [-0.05, 0) is 24.6 Å². The Balaban J connectivity index is 1.57. The van der Waals surface area contributed by atoms with E-state index in [2.05, 4.69) is 15.1 Å². The molecule has 1 aliphatic rings. The second-order valence-electron chi connectivity index (χ2n) is 6.20. The minimum absolute atomic E-state index is 0.122. The van der Waals surface area contributed by atoms with Gasteiger partial charge in [-0.2, -0.15) is 18.3 Å². The van der Waals surface area contributed by atoms with Crippen LogP contribution in [0.2, 0.25) is 0 Å². The zero-order chi connectivity index (χ0) is 18.0. The quantitative estimate of drug-likeness (QED) is 0.924. The lowest BCUT2D eigenvalue weighted by Crippen LogP contribution is -2.48. The molecule has 2 heterocycles. The molecule has 2 aromatic rings. The molecule has 1 aliphatic heterocycles. The van der Waals surface area contributed by atoms with E-state index in [1.165, 1.54) is 12.1 Å². The Morgan fingerprint density at radius 2 is 1.92 bits per heavy atom. The number of carbonyl (C=O) groups is 1. The van der Waals surface area contributed by atoms with Crippen molar-refractivity contribution >= 4 is 5.91 Å². The number of aromatic nitrogens is 2. The lowest BCUT2D eigenvalue weighted by atomic mass is 10.1. The zero-order valence-electron chi connectivity index (χ0n) is 13.8. The lowest BCUT2D eigenvalue weighted by Gasteiger charge is -2.34. The van der Waals surface area contributed by atoms with Crippen LogP contribution in [0, 0.1) is 6.92 Å². The van der Waals surface area contributed by atoms with Crippen LogP contribution in [0.25, 0.3) is 0 Å². The first-order valence-corrected chi connectivity index (χ1v) is 8.03. The van der Waals surface area contributed by atoms with Crippen molar-refractivity contribution < 1.29 is 18.0 Å². The van der Waals surface area contributed by atoms with Gasteiger partial charge in [-0.15, -0.1) is 0 Å². The average Bonchev–Trinajstić information content (AvgIpc) is 3.01. The Morgan fingerprint density at radius 1 is 1.20 bits per heavy atom. The van der Waals surface area contributed by atoms with Gasteiger partial charge in [-0.25, -0.2) is 0 Å². The zero-order valence-corrected chi connectivity index (χ0v) is 13.8. The van der Waals surface area contributed by atoms with E-state index in [1.807, 2.05) is 6.92 Å². The van der Waals surface area contributed by atoms with Crippen LogP contribution < -0.4 is 0 Å². The summed E-state index contributed by atoms with van der Waals surface area (Å²) < 4.78 is 38.3. The van der Waals surface area contributed by atoms with Crippen molar-refractivity contribution in [3.8, 4) is 0 Å². The van der Waals surface area contributed by atoms with Crippen LogP contribution in [-0.4, -0.2) is 52.1 Å². The molecule has 3 rings (SSSR count). The minimum atomic E-state index is -4.33. The molecule has 1 aromatic heterocycles. The molecule has 0 bridgehead atoms. The number of halogens is 3. The molecule has 0 spiro atoms. The second-order valence-corrected chi connectivity index (χ2v) is 6.20. The van der Waals surface area contributed by atoms with E-state index >= 15 is 0 Å². The Bertz CT molecular complexity index is 748. The first kappa shape index (κ1) is 17.5. The molecule has 0 radical (unpaired) electrons. The van der Waals surface area contributed by atoms with Gasteiger partial charge in [-0.1, -0.05) is 18.2 Å². The molecule has 0 aliphatic carbocycles. The molecule has 8 heteroatoms. The maximum atomic E-state index is 12.8. The van der Waals surface area contributed by atoms with Gasteiger partial charge in [0.15, 0.2) is 0 Å². The van der Waals surface area contributed by atoms with Crippen LogP contribution in [0.1, 0.15) is 27.3 Å². The molecule has 0 atom stereocenters. The van der Waals surface area contributed by atoms with Crippen molar-refractivity contribution in [3.05, 3.63) is 52.8 Å². The molecule has 0 saturated carbocycles. The molecular formula is C17H19F3N4O. The van der Waals surface area contributed by atoms with Gasteiger partial charge in [0, 0.05) is 38.4 Å².